The summed E-state index contributed by atoms with van der Waals surface area (Å²) in [5.74, 6) is 1.55. The molecule has 0 amide bonds. The van der Waals surface area contributed by atoms with Gasteiger partial charge in [-0.3, -0.25) is 9.36 Å². The summed E-state index contributed by atoms with van der Waals surface area (Å²) in [7, 11) is 0. The van der Waals surface area contributed by atoms with E-state index in [4.69, 9.17) is 4.52 Å². The van der Waals surface area contributed by atoms with Gasteiger partial charge in [0, 0.05) is 6.04 Å². The van der Waals surface area contributed by atoms with E-state index in [1.165, 1.54) is 11.8 Å². The second-order valence-corrected chi connectivity index (χ2v) is 7.85. The van der Waals surface area contributed by atoms with Crippen molar-refractivity contribution in [3.63, 3.8) is 0 Å². The number of nitrogens with zero attached hydrogens (tertiary/aromatic N) is 4. The predicted octanol–water partition coefficient (Wildman–Crippen LogP) is 4.38. The first-order valence-electron chi connectivity index (χ1n) is 8.14. The quantitative estimate of drug-likeness (QED) is 0.375. The van der Waals surface area contributed by atoms with Gasteiger partial charge in [0.1, 0.15) is 0 Å². The van der Waals surface area contributed by atoms with Gasteiger partial charge < -0.3 is 4.52 Å². The van der Waals surface area contributed by atoms with Crippen LogP contribution in [0.2, 0.25) is 0 Å². The minimum absolute atomic E-state index is 0.00599. The fourth-order valence-electron chi connectivity index (χ4n) is 2.63. The van der Waals surface area contributed by atoms with Crippen molar-refractivity contribution in [2.24, 2.45) is 0 Å². The van der Waals surface area contributed by atoms with Crippen LogP contribution in [-0.2, 0) is 5.75 Å². The van der Waals surface area contributed by atoms with E-state index in [1.807, 2.05) is 55.6 Å². The molecule has 0 fully saturated rings. The second kappa shape index (κ2) is 7.05. The number of thioether (sulfide) groups is 1. The van der Waals surface area contributed by atoms with Crippen molar-refractivity contribution >= 4 is 34.0 Å². The van der Waals surface area contributed by atoms with Crippen molar-refractivity contribution in [3.05, 3.63) is 58.0 Å². The molecule has 0 aliphatic heterocycles. The normalized spacial score (nSPS) is 11.5. The van der Waals surface area contributed by atoms with Gasteiger partial charge in [-0.25, -0.2) is 4.98 Å². The molecule has 4 rings (SSSR count). The van der Waals surface area contributed by atoms with Gasteiger partial charge in [-0.05, 0) is 37.4 Å². The lowest BCUT2D eigenvalue weighted by Gasteiger charge is -2.15. The van der Waals surface area contributed by atoms with Crippen molar-refractivity contribution in [2.75, 3.05) is 0 Å². The SMILES string of the molecule is CC(C)n1c(SCc2nc(-c3cccs3)no2)nc2ccccc2c1=O. The Labute approximate surface area is 157 Å². The van der Waals surface area contributed by atoms with E-state index < -0.39 is 0 Å². The largest absolute Gasteiger partial charge is 0.338 e. The van der Waals surface area contributed by atoms with Gasteiger partial charge in [-0.15, -0.1) is 11.3 Å². The molecule has 0 bridgehead atoms. The number of aromatic nitrogens is 4. The zero-order valence-electron chi connectivity index (χ0n) is 14.2. The van der Waals surface area contributed by atoms with Crippen molar-refractivity contribution in [2.45, 2.75) is 30.8 Å². The van der Waals surface area contributed by atoms with Crippen LogP contribution in [0.1, 0.15) is 25.8 Å². The lowest BCUT2D eigenvalue weighted by atomic mass is 10.2. The van der Waals surface area contributed by atoms with E-state index in [2.05, 4.69) is 15.1 Å². The number of thiophene rings is 1. The molecule has 4 aromatic rings. The van der Waals surface area contributed by atoms with Gasteiger partial charge in [-0.1, -0.05) is 35.1 Å². The van der Waals surface area contributed by atoms with E-state index in [1.54, 1.807) is 15.9 Å². The van der Waals surface area contributed by atoms with Gasteiger partial charge in [0.05, 0.1) is 21.5 Å². The van der Waals surface area contributed by atoms with Crippen molar-refractivity contribution in [3.8, 4) is 10.7 Å². The first kappa shape index (κ1) is 17.0. The molecule has 8 heteroatoms. The van der Waals surface area contributed by atoms with Crippen LogP contribution in [0.15, 0.2) is 56.3 Å². The summed E-state index contributed by atoms with van der Waals surface area (Å²) in [6, 6.07) is 11.3. The number of fused-ring (bicyclic) bond motifs is 1. The average Bonchev–Trinajstić information content (AvgIpc) is 3.31. The van der Waals surface area contributed by atoms with Crippen LogP contribution >= 0.6 is 23.1 Å². The molecule has 1 aromatic carbocycles. The third kappa shape index (κ3) is 3.17. The summed E-state index contributed by atoms with van der Waals surface area (Å²) < 4.78 is 7.05. The number of rotatable bonds is 5. The number of para-hydroxylation sites is 1. The Morgan fingerprint density at radius 1 is 1.19 bits per heavy atom. The summed E-state index contributed by atoms with van der Waals surface area (Å²) in [5.41, 5.74) is 0.666. The Hall–Kier alpha value is -2.45. The fraction of sp³-hybridized carbons (Fsp3) is 0.222. The van der Waals surface area contributed by atoms with Gasteiger partial charge >= 0.3 is 0 Å². The Bertz CT molecular complexity index is 1100. The highest BCUT2D eigenvalue weighted by molar-refractivity contribution is 7.98. The average molecular weight is 384 g/mol. The summed E-state index contributed by atoms with van der Waals surface area (Å²) in [6.45, 7) is 3.95. The van der Waals surface area contributed by atoms with Crippen molar-refractivity contribution in [1.82, 2.24) is 19.7 Å². The maximum absolute atomic E-state index is 12.8. The third-order valence-electron chi connectivity index (χ3n) is 3.83. The molecule has 3 aromatic heterocycles. The van der Waals surface area contributed by atoms with Crippen LogP contribution in [0.3, 0.4) is 0 Å². The summed E-state index contributed by atoms with van der Waals surface area (Å²) in [4.78, 5) is 22.9. The molecule has 0 aliphatic rings. The Kier molecular flexibility index (Phi) is 4.60. The molecular weight excluding hydrogens is 368 g/mol. The van der Waals surface area contributed by atoms with Crippen LogP contribution < -0.4 is 5.56 Å². The maximum atomic E-state index is 12.8. The van der Waals surface area contributed by atoms with Gasteiger partial charge in [0.15, 0.2) is 5.16 Å². The molecule has 132 valence electrons. The molecule has 0 aliphatic carbocycles. The lowest BCUT2D eigenvalue weighted by molar-refractivity contribution is 0.391. The highest BCUT2D eigenvalue weighted by Crippen LogP contribution is 2.26. The molecule has 6 nitrogen and oxygen atoms in total. The van der Waals surface area contributed by atoms with Crippen LogP contribution in [0.4, 0.5) is 0 Å². The van der Waals surface area contributed by atoms with Crippen LogP contribution in [0.25, 0.3) is 21.6 Å². The van der Waals surface area contributed by atoms with Crippen molar-refractivity contribution < 1.29 is 4.52 Å². The first-order chi connectivity index (χ1) is 12.6. The number of benzene rings is 1. The smallest absolute Gasteiger partial charge is 0.262 e. The van der Waals surface area contributed by atoms with Gasteiger partial charge in [0.25, 0.3) is 5.56 Å². The molecule has 26 heavy (non-hydrogen) atoms. The van der Waals surface area contributed by atoms with Crippen LogP contribution in [0.5, 0.6) is 0 Å². The monoisotopic (exact) mass is 384 g/mol. The standard InChI is InChI=1S/C18H16N4O2S2/c1-11(2)22-17(23)12-6-3-4-7-13(12)19-18(22)26-10-15-20-16(21-24-15)14-8-5-9-25-14/h3-9,11H,10H2,1-2H3. The van der Waals surface area contributed by atoms with Gasteiger partial charge in [0.2, 0.25) is 11.7 Å². The van der Waals surface area contributed by atoms with Crippen molar-refractivity contribution in [1.29, 1.82) is 0 Å². The minimum Gasteiger partial charge on any atom is -0.338 e. The van der Waals surface area contributed by atoms with E-state index in [0.717, 1.165) is 4.88 Å². The third-order valence-corrected chi connectivity index (χ3v) is 5.63. The molecule has 0 saturated heterocycles. The van der Waals surface area contributed by atoms with Gasteiger partial charge in [-0.2, -0.15) is 4.98 Å². The van der Waals surface area contributed by atoms with E-state index in [-0.39, 0.29) is 11.6 Å². The Morgan fingerprint density at radius 2 is 2.04 bits per heavy atom. The molecule has 3 heterocycles. The molecule has 0 saturated carbocycles. The molecule has 0 atom stereocenters. The minimum atomic E-state index is -0.0297. The van der Waals surface area contributed by atoms with E-state index >= 15 is 0 Å². The zero-order chi connectivity index (χ0) is 18.1. The summed E-state index contributed by atoms with van der Waals surface area (Å²) in [5, 5.41) is 7.27. The highest BCUT2D eigenvalue weighted by atomic mass is 32.2. The topological polar surface area (TPSA) is 73.8 Å². The molecule has 0 spiro atoms. The molecule has 0 radical (unpaired) electrons. The summed E-state index contributed by atoms with van der Waals surface area (Å²) in [6.07, 6.45) is 0. The van der Waals surface area contributed by atoms with Crippen LogP contribution in [0, 0.1) is 0 Å². The first-order valence-corrected chi connectivity index (χ1v) is 10.0. The Balaban J connectivity index is 1.65. The van der Waals surface area contributed by atoms with Crippen LogP contribution in [-0.4, -0.2) is 19.7 Å². The second-order valence-electron chi connectivity index (χ2n) is 5.96. The van der Waals surface area contributed by atoms with E-state index in [9.17, 15) is 4.79 Å². The van der Waals surface area contributed by atoms with E-state index in [0.29, 0.717) is 33.5 Å². The number of hydrogen-bond donors (Lipinski definition) is 0. The fourth-order valence-corrected chi connectivity index (χ4v) is 4.24. The predicted molar refractivity (Wildman–Crippen MR) is 104 cm³/mol. The Morgan fingerprint density at radius 3 is 2.81 bits per heavy atom. The summed E-state index contributed by atoms with van der Waals surface area (Å²) >= 11 is 2.99. The molecular formula is C18H16N4O2S2. The zero-order valence-corrected chi connectivity index (χ0v) is 15.9. The maximum Gasteiger partial charge on any atom is 0.262 e. The lowest BCUT2D eigenvalue weighted by Crippen LogP contribution is -2.25. The number of hydrogen-bond acceptors (Lipinski definition) is 7. The highest BCUT2D eigenvalue weighted by Gasteiger charge is 2.16. The molecule has 0 unspecified atom stereocenters. The molecule has 0 N–H and O–H groups in total.